The Labute approximate surface area is 210 Å². The highest BCUT2D eigenvalue weighted by molar-refractivity contribution is 5.76. The van der Waals surface area contributed by atoms with Crippen LogP contribution in [0.5, 0.6) is 5.75 Å². The van der Waals surface area contributed by atoms with Gasteiger partial charge in [0.15, 0.2) is 18.5 Å². The molecule has 0 aromatic heterocycles. The Bertz CT molecular complexity index is 916. The molecule has 36 heavy (non-hydrogen) atoms. The van der Waals surface area contributed by atoms with Crippen LogP contribution in [0.25, 0.3) is 0 Å². The maximum absolute atomic E-state index is 12.6. The third-order valence-electron chi connectivity index (χ3n) is 5.18. The van der Waals surface area contributed by atoms with Gasteiger partial charge in [0.05, 0.1) is 13.7 Å². The van der Waals surface area contributed by atoms with Crippen molar-refractivity contribution in [1.82, 2.24) is 5.32 Å². The first kappa shape index (κ1) is 28.8. The molecule has 198 valence electrons. The van der Waals surface area contributed by atoms with Crippen molar-refractivity contribution in [2.24, 2.45) is 0 Å². The van der Waals surface area contributed by atoms with E-state index in [1.807, 2.05) is 0 Å². The highest BCUT2D eigenvalue weighted by Crippen LogP contribution is 2.29. The summed E-state index contributed by atoms with van der Waals surface area (Å²) >= 11 is 0. The Kier molecular flexibility index (Phi) is 11.4. The topological polar surface area (TPSA) is 136 Å². The molecular formula is C25H33NO10. The van der Waals surface area contributed by atoms with E-state index in [-0.39, 0.29) is 25.5 Å². The van der Waals surface area contributed by atoms with Gasteiger partial charge in [0, 0.05) is 27.2 Å². The number of methoxy groups -OCH3 is 1. The Morgan fingerprint density at radius 3 is 2.19 bits per heavy atom. The summed E-state index contributed by atoms with van der Waals surface area (Å²) in [6.45, 7) is 6.95. The fourth-order valence-electron chi connectivity index (χ4n) is 3.59. The lowest BCUT2D eigenvalue weighted by atomic mass is 9.95. The SMILES string of the molecule is C=CCCC(=O)N[C@H]1[C@H](OCc2ccc(OC)cc2)O[C@H](COC(C)=O)[C@@H](OC(C)=O)[C@@H]1OC(C)=O. The van der Waals surface area contributed by atoms with Crippen molar-refractivity contribution in [2.75, 3.05) is 13.7 Å². The molecule has 0 spiro atoms. The van der Waals surface area contributed by atoms with Gasteiger partial charge in [-0.2, -0.15) is 0 Å². The molecule has 0 radical (unpaired) electrons. The van der Waals surface area contributed by atoms with Gasteiger partial charge in [-0.1, -0.05) is 18.2 Å². The van der Waals surface area contributed by atoms with Crippen LogP contribution in [0, 0.1) is 0 Å². The number of allylic oxidation sites excluding steroid dienone is 1. The second-order valence-electron chi connectivity index (χ2n) is 8.07. The van der Waals surface area contributed by atoms with Crippen LogP contribution in [0.2, 0.25) is 0 Å². The molecule has 1 aromatic rings. The molecule has 1 saturated heterocycles. The molecule has 1 heterocycles. The summed E-state index contributed by atoms with van der Waals surface area (Å²) in [7, 11) is 1.55. The van der Waals surface area contributed by atoms with Gasteiger partial charge in [0.1, 0.15) is 24.5 Å². The summed E-state index contributed by atoms with van der Waals surface area (Å²) in [5.74, 6) is -1.65. The van der Waals surface area contributed by atoms with Crippen molar-refractivity contribution in [3.05, 3.63) is 42.5 Å². The Hall–Kier alpha value is -3.44. The molecular weight excluding hydrogens is 474 g/mol. The maximum Gasteiger partial charge on any atom is 0.303 e. The van der Waals surface area contributed by atoms with Gasteiger partial charge in [-0.25, -0.2) is 0 Å². The number of rotatable bonds is 12. The molecule has 11 nitrogen and oxygen atoms in total. The van der Waals surface area contributed by atoms with E-state index in [1.54, 1.807) is 37.5 Å². The van der Waals surface area contributed by atoms with Crippen molar-refractivity contribution < 1.29 is 47.6 Å². The summed E-state index contributed by atoms with van der Waals surface area (Å²) in [5, 5.41) is 2.77. The van der Waals surface area contributed by atoms with Gasteiger partial charge in [-0.3, -0.25) is 19.2 Å². The predicted octanol–water partition coefficient (Wildman–Crippen LogP) is 1.81. The minimum Gasteiger partial charge on any atom is -0.497 e. The van der Waals surface area contributed by atoms with Crippen molar-refractivity contribution in [2.45, 2.75) is 70.9 Å². The van der Waals surface area contributed by atoms with Crippen LogP contribution >= 0.6 is 0 Å². The van der Waals surface area contributed by atoms with Crippen LogP contribution in [0.15, 0.2) is 36.9 Å². The monoisotopic (exact) mass is 507 g/mol. The summed E-state index contributed by atoms with van der Waals surface area (Å²) in [6, 6.07) is 6.07. The Balaban J connectivity index is 2.38. The molecule has 2 rings (SSSR count). The lowest BCUT2D eigenvalue weighted by molar-refractivity contribution is -0.280. The summed E-state index contributed by atoms with van der Waals surface area (Å²) < 4.78 is 33.2. The minimum atomic E-state index is -1.19. The fourth-order valence-corrected chi connectivity index (χ4v) is 3.59. The number of benzene rings is 1. The molecule has 1 amide bonds. The molecule has 11 heteroatoms. The van der Waals surface area contributed by atoms with Crippen LogP contribution in [0.1, 0.15) is 39.2 Å². The zero-order valence-electron chi connectivity index (χ0n) is 20.9. The zero-order chi connectivity index (χ0) is 26.7. The second-order valence-corrected chi connectivity index (χ2v) is 8.07. The van der Waals surface area contributed by atoms with E-state index in [9.17, 15) is 19.2 Å². The third kappa shape index (κ3) is 8.97. The van der Waals surface area contributed by atoms with Crippen LogP contribution in [-0.4, -0.2) is 68.2 Å². The van der Waals surface area contributed by atoms with E-state index in [1.165, 1.54) is 20.8 Å². The summed E-state index contributed by atoms with van der Waals surface area (Å²) in [6.07, 6.45) is -2.43. The molecule has 1 fully saturated rings. The smallest absolute Gasteiger partial charge is 0.303 e. The third-order valence-corrected chi connectivity index (χ3v) is 5.18. The minimum absolute atomic E-state index is 0.0685. The van der Waals surface area contributed by atoms with Crippen LogP contribution < -0.4 is 10.1 Å². The molecule has 0 bridgehead atoms. The number of hydrogen-bond acceptors (Lipinski definition) is 10. The molecule has 0 saturated carbocycles. The first-order chi connectivity index (χ1) is 17.1. The van der Waals surface area contributed by atoms with Crippen LogP contribution in [0.4, 0.5) is 0 Å². The van der Waals surface area contributed by atoms with E-state index >= 15 is 0 Å². The van der Waals surface area contributed by atoms with Gasteiger partial charge in [-0.05, 0) is 24.1 Å². The van der Waals surface area contributed by atoms with E-state index in [2.05, 4.69) is 11.9 Å². The number of hydrogen-bond donors (Lipinski definition) is 1. The zero-order valence-corrected chi connectivity index (χ0v) is 20.9. The van der Waals surface area contributed by atoms with E-state index in [4.69, 9.17) is 28.4 Å². The molecule has 1 N–H and O–H groups in total. The molecule has 1 aliphatic heterocycles. The van der Waals surface area contributed by atoms with E-state index < -0.39 is 48.6 Å². The predicted molar refractivity (Wildman–Crippen MR) is 126 cm³/mol. The lowest BCUT2D eigenvalue weighted by Gasteiger charge is -2.45. The first-order valence-electron chi connectivity index (χ1n) is 11.4. The average Bonchev–Trinajstić information content (AvgIpc) is 2.83. The molecule has 5 atom stereocenters. The second kappa shape index (κ2) is 14.2. The Morgan fingerprint density at radius 1 is 1.00 bits per heavy atom. The standard InChI is InChI=1S/C25H33NO10/c1-6-7-8-21(30)26-22-24(35-17(4)29)23(34-16(3)28)20(14-32-15(2)27)36-25(22)33-13-18-9-11-19(31-5)12-10-18/h6,9-12,20,22-25H,1,7-8,13-14H2,2-5H3,(H,26,30)/t20-,22-,23-,24-,25-/m1/s1. The molecule has 1 aliphatic rings. The molecule has 0 aliphatic carbocycles. The van der Waals surface area contributed by atoms with Crippen molar-refractivity contribution in [1.29, 1.82) is 0 Å². The summed E-state index contributed by atoms with van der Waals surface area (Å²) in [5.41, 5.74) is 0.777. The largest absolute Gasteiger partial charge is 0.497 e. The number of ether oxygens (including phenoxy) is 6. The van der Waals surface area contributed by atoms with E-state index in [0.29, 0.717) is 12.2 Å². The number of carbonyl (C=O) groups is 4. The van der Waals surface area contributed by atoms with Crippen molar-refractivity contribution >= 4 is 23.8 Å². The average molecular weight is 508 g/mol. The van der Waals surface area contributed by atoms with Crippen LogP contribution in [0.3, 0.4) is 0 Å². The normalized spacial score (nSPS) is 23.2. The summed E-state index contributed by atoms with van der Waals surface area (Å²) in [4.78, 5) is 47.9. The van der Waals surface area contributed by atoms with Gasteiger partial charge in [0.2, 0.25) is 5.91 Å². The highest BCUT2D eigenvalue weighted by Gasteiger charge is 2.51. The number of nitrogens with one attached hydrogen (secondary N) is 1. The maximum atomic E-state index is 12.6. The molecule has 1 aromatic carbocycles. The quantitative estimate of drug-likeness (QED) is 0.253. The lowest BCUT2D eigenvalue weighted by Crippen LogP contribution is -2.66. The van der Waals surface area contributed by atoms with Gasteiger partial charge in [0.25, 0.3) is 0 Å². The van der Waals surface area contributed by atoms with Gasteiger partial charge >= 0.3 is 17.9 Å². The van der Waals surface area contributed by atoms with Gasteiger partial charge in [-0.15, -0.1) is 6.58 Å². The Morgan fingerprint density at radius 2 is 1.64 bits per heavy atom. The van der Waals surface area contributed by atoms with Crippen molar-refractivity contribution in [3.63, 3.8) is 0 Å². The van der Waals surface area contributed by atoms with E-state index in [0.717, 1.165) is 5.56 Å². The van der Waals surface area contributed by atoms with Gasteiger partial charge < -0.3 is 33.7 Å². The number of carbonyl (C=O) groups excluding carboxylic acids is 4. The van der Waals surface area contributed by atoms with Crippen LogP contribution in [-0.2, 0) is 49.5 Å². The molecule has 0 unspecified atom stereocenters. The number of amides is 1. The highest BCUT2D eigenvalue weighted by atomic mass is 16.7. The van der Waals surface area contributed by atoms with Crippen molar-refractivity contribution in [3.8, 4) is 5.75 Å². The number of esters is 3. The fraction of sp³-hybridized carbons (Fsp3) is 0.520. The first-order valence-corrected chi connectivity index (χ1v) is 11.4.